The fraction of sp³-hybridized carbons (Fsp3) is 0.697. The van der Waals surface area contributed by atoms with Gasteiger partial charge in [0.15, 0.2) is 0 Å². The van der Waals surface area contributed by atoms with E-state index in [4.69, 9.17) is 0 Å². The fourth-order valence-electron chi connectivity index (χ4n) is 4.78. The van der Waals surface area contributed by atoms with Crippen molar-refractivity contribution < 1.29 is 29.1 Å². The minimum Gasteiger partial charge on any atom is -0.390 e. The van der Waals surface area contributed by atoms with Crippen molar-refractivity contribution in [1.82, 2.24) is 31.6 Å². The minimum absolute atomic E-state index is 0. The van der Waals surface area contributed by atoms with Crippen LogP contribution in [-0.4, -0.2) is 76.4 Å². The van der Waals surface area contributed by atoms with E-state index in [1.54, 1.807) is 6.92 Å². The zero-order valence-corrected chi connectivity index (χ0v) is 28.0. The summed E-state index contributed by atoms with van der Waals surface area (Å²) in [5.41, 5.74) is -0.185. The molecule has 13 nitrogen and oxygen atoms in total. The van der Waals surface area contributed by atoms with Crippen LogP contribution in [0.3, 0.4) is 0 Å². The number of nitrogens with one attached hydrogen (secondary N) is 6. The number of pyridine rings is 1. The van der Waals surface area contributed by atoms with Gasteiger partial charge in [-0.1, -0.05) is 68.7 Å². The average Bonchev–Trinajstić information content (AvgIpc) is 2.97. The molecule has 262 valence electrons. The molecule has 46 heavy (non-hydrogen) atoms. The van der Waals surface area contributed by atoms with Gasteiger partial charge >= 0.3 is 0 Å². The molecule has 5 amide bonds. The number of aromatic nitrogens is 1. The normalized spacial score (nSPS) is 14.9. The second kappa shape index (κ2) is 21.1. The maximum atomic E-state index is 13.5. The highest BCUT2D eigenvalue weighted by Crippen LogP contribution is 2.14. The first kappa shape index (κ1) is 42.3. The number of rotatable bonds is 19. The lowest BCUT2D eigenvalue weighted by atomic mass is 9.95. The number of aliphatic hydroxyl groups is 1. The Hall–Kier alpha value is -3.74. The van der Waals surface area contributed by atoms with Crippen molar-refractivity contribution in [2.75, 3.05) is 6.54 Å². The maximum absolute atomic E-state index is 13.5. The summed E-state index contributed by atoms with van der Waals surface area (Å²) in [6, 6.07) is -0.913. The van der Waals surface area contributed by atoms with E-state index in [0.717, 1.165) is 0 Å². The summed E-state index contributed by atoms with van der Waals surface area (Å²) < 4.78 is 0. The lowest BCUT2D eigenvalue weighted by molar-refractivity contribution is -0.133. The summed E-state index contributed by atoms with van der Waals surface area (Å²) in [5.74, 6) is -2.84. The number of aromatic amines is 1. The van der Waals surface area contributed by atoms with Crippen molar-refractivity contribution in [2.45, 2.75) is 125 Å². The van der Waals surface area contributed by atoms with E-state index in [0.29, 0.717) is 32.2 Å². The molecule has 0 aromatic carbocycles. The lowest BCUT2D eigenvalue weighted by Gasteiger charge is -2.30. The largest absolute Gasteiger partial charge is 0.390 e. The van der Waals surface area contributed by atoms with E-state index >= 15 is 0 Å². The summed E-state index contributed by atoms with van der Waals surface area (Å²) in [5, 5.41) is 24.8. The molecule has 0 spiro atoms. The van der Waals surface area contributed by atoms with E-state index in [1.165, 1.54) is 18.3 Å². The quantitative estimate of drug-likeness (QED) is 0.119. The highest BCUT2D eigenvalue weighted by Gasteiger charge is 2.33. The van der Waals surface area contributed by atoms with E-state index in [9.17, 15) is 33.9 Å². The molecule has 1 aromatic heterocycles. The Kier molecular flexibility index (Phi) is 19.4. The molecule has 0 aliphatic heterocycles. The zero-order chi connectivity index (χ0) is 34.3. The molecule has 0 aliphatic carbocycles. The molecule has 0 unspecified atom stereocenters. The van der Waals surface area contributed by atoms with Crippen molar-refractivity contribution in [3.8, 4) is 0 Å². The molecule has 0 radical (unpaired) electrons. The molecular formula is C33H58N6O7. The summed E-state index contributed by atoms with van der Waals surface area (Å²) >= 11 is 0. The van der Waals surface area contributed by atoms with Crippen molar-refractivity contribution in [3.05, 3.63) is 34.2 Å². The van der Waals surface area contributed by atoms with Crippen LogP contribution in [0.25, 0.3) is 0 Å². The van der Waals surface area contributed by atoms with Crippen LogP contribution in [0, 0.1) is 17.8 Å². The molecule has 1 aromatic rings. The molecule has 0 aliphatic rings. The Bertz CT molecular complexity index is 1160. The smallest absolute Gasteiger partial charge is 0.253 e. The summed E-state index contributed by atoms with van der Waals surface area (Å²) in [6.45, 7) is 15.2. The number of amides is 5. The van der Waals surface area contributed by atoms with Crippen LogP contribution in [0.1, 0.15) is 105 Å². The molecule has 0 saturated carbocycles. The second-order valence-electron chi connectivity index (χ2n) is 12.3. The van der Waals surface area contributed by atoms with Crippen LogP contribution >= 0.6 is 0 Å². The number of carbonyl (C=O) groups is 5. The minimum atomic E-state index is -1.25. The van der Waals surface area contributed by atoms with Gasteiger partial charge in [-0.3, -0.25) is 28.8 Å². The maximum Gasteiger partial charge on any atom is 0.253 e. The third-order valence-corrected chi connectivity index (χ3v) is 7.57. The fourth-order valence-corrected chi connectivity index (χ4v) is 4.78. The SMILES string of the molecule is C.CCC[C@H](NC(=O)[C@@H](NC(=O)c1ccc(=O)[nH]c1)[C@@H](C)CC)C(=O)N[C@@H](CC(C)C)[C@@H](O)CC(=O)N[C@H](C(=O)NCC)C(C)C. The van der Waals surface area contributed by atoms with Crippen molar-refractivity contribution in [2.24, 2.45) is 17.8 Å². The van der Waals surface area contributed by atoms with Gasteiger partial charge in [0.1, 0.15) is 18.1 Å². The Morgan fingerprint density at radius 3 is 2.00 bits per heavy atom. The summed E-state index contributed by atoms with van der Waals surface area (Å²) in [6.07, 6.45) is 1.47. The number of hydrogen-bond acceptors (Lipinski definition) is 7. The number of likely N-dealkylation sites (N-methyl/N-ethyl adjacent to an activating group) is 1. The Balaban J connectivity index is 0.0000202. The van der Waals surface area contributed by atoms with Gasteiger partial charge in [0.2, 0.25) is 29.2 Å². The molecule has 6 atom stereocenters. The molecule has 0 bridgehead atoms. The highest BCUT2D eigenvalue weighted by molar-refractivity contribution is 5.98. The third-order valence-electron chi connectivity index (χ3n) is 7.57. The van der Waals surface area contributed by atoms with Gasteiger partial charge < -0.3 is 36.7 Å². The summed E-state index contributed by atoms with van der Waals surface area (Å²) in [7, 11) is 0. The average molecular weight is 651 g/mol. The predicted octanol–water partition coefficient (Wildman–Crippen LogP) is 2.00. The lowest BCUT2D eigenvalue weighted by Crippen LogP contribution is -2.58. The van der Waals surface area contributed by atoms with Gasteiger partial charge in [-0.05, 0) is 43.6 Å². The Morgan fingerprint density at radius 1 is 0.848 bits per heavy atom. The number of carbonyl (C=O) groups excluding carboxylic acids is 5. The van der Waals surface area contributed by atoms with Crippen molar-refractivity contribution in [1.29, 1.82) is 0 Å². The van der Waals surface area contributed by atoms with Crippen LogP contribution in [0.4, 0.5) is 0 Å². The topological polar surface area (TPSA) is 199 Å². The standard InChI is InChI=1S/C32H54N6O7.CH4/c1-9-12-22(35-32(45)28(20(8)10-2)38-29(42)21-13-14-25(40)34-17-21)30(43)36-23(15-18(4)5)24(39)16-26(41)37-27(19(6)7)31(44)33-11-3;/h13-14,17-20,22-24,27-28,39H,9-12,15-16H2,1-8H3,(H,33,44)(H,34,40)(H,35,45)(H,36,43)(H,37,41)(H,38,42);1H4/t20-,22-,23-,24-,27-,28-;/m0./s1. The molecule has 0 fully saturated rings. The van der Waals surface area contributed by atoms with Gasteiger partial charge in [0, 0.05) is 18.8 Å². The van der Waals surface area contributed by atoms with Gasteiger partial charge in [0.05, 0.1) is 24.1 Å². The molecule has 13 heteroatoms. The predicted molar refractivity (Wildman–Crippen MR) is 179 cm³/mol. The molecule has 1 heterocycles. The van der Waals surface area contributed by atoms with Crippen LogP contribution in [0.2, 0.25) is 0 Å². The highest BCUT2D eigenvalue weighted by atomic mass is 16.3. The van der Waals surface area contributed by atoms with Gasteiger partial charge in [-0.15, -0.1) is 0 Å². The first-order chi connectivity index (χ1) is 21.1. The van der Waals surface area contributed by atoms with E-state index in [1.807, 2.05) is 48.5 Å². The molecule has 7 N–H and O–H groups in total. The Labute approximate surface area is 273 Å². The number of hydrogen-bond donors (Lipinski definition) is 7. The van der Waals surface area contributed by atoms with Gasteiger partial charge in [-0.2, -0.15) is 0 Å². The monoisotopic (exact) mass is 650 g/mol. The first-order valence-electron chi connectivity index (χ1n) is 16.0. The van der Waals surface area contributed by atoms with E-state index in [-0.39, 0.29) is 48.6 Å². The van der Waals surface area contributed by atoms with Crippen molar-refractivity contribution in [3.63, 3.8) is 0 Å². The molecule has 1 rings (SSSR count). The molecule has 0 saturated heterocycles. The third kappa shape index (κ3) is 14.1. The van der Waals surface area contributed by atoms with Crippen molar-refractivity contribution >= 4 is 29.5 Å². The summed E-state index contributed by atoms with van der Waals surface area (Å²) in [4.78, 5) is 78.9. The molecular weight excluding hydrogens is 592 g/mol. The first-order valence-corrected chi connectivity index (χ1v) is 16.0. The van der Waals surface area contributed by atoms with E-state index in [2.05, 4.69) is 31.6 Å². The second-order valence-corrected chi connectivity index (χ2v) is 12.3. The zero-order valence-electron chi connectivity index (χ0n) is 28.0. The van der Waals surface area contributed by atoms with Gasteiger partial charge in [0.25, 0.3) is 5.91 Å². The van der Waals surface area contributed by atoms with Crippen LogP contribution in [0.15, 0.2) is 23.1 Å². The number of H-pyrrole nitrogens is 1. The van der Waals surface area contributed by atoms with Gasteiger partial charge in [-0.25, -0.2) is 0 Å². The van der Waals surface area contributed by atoms with Crippen LogP contribution in [0.5, 0.6) is 0 Å². The number of aliphatic hydroxyl groups excluding tert-OH is 1. The van der Waals surface area contributed by atoms with E-state index < -0.39 is 53.9 Å². The van der Waals surface area contributed by atoms with Crippen LogP contribution < -0.4 is 32.1 Å². The Morgan fingerprint density at radius 2 is 1.50 bits per heavy atom. The van der Waals surface area contributed by atoms with Crippen LogP contribution in [-0.2, 0) is 19.2 Å².